The molecule has 2 aromatic rings. The van der Waals surface area contributed by atoms with Gasteiger partial charge in [-0.05, 0) is 45.2 Å². The van der Waals surface area contributed by atoms with Crippen molar-refractivity contribution in [2.75, 3.05) is 38.2 Å². The Balaban J connectivity index is 1.67. The Morgan fingerprint density at radius 2 is 2.14 bits per heavy atom. The van der Waals surface area contributed by atoms with Crippen molar-refractivity contribution in [3.05, 3.63) is 17.2 Å². The number of likely N-dealkylation sites (tertiary alicyclic amines) is 1. The molecule has 2 aliphatic rings. The fourth-order valence-electron chi connectivity index (χ4n) is 4.22. The van der Waals surface area contributed by atoms with Gasteiger partial charge in [0.15, 0.2) is 11.0 Å². The van der Waals surface area contributed by atoms with Crippen LogP contribution in [-0.4, -0.2) is 59.2 Å². The van der Waals surface area contributed by atoms with Gasteiger partial charge in [-0.25, -0.2) is 9.37 Å². The number of fused-ring (bicyclic) bond motifs is 1. The van der Waals surface area contributed by atoms with Crippen LogP contribution in [0, 0.1) is 23.1 Å². The second-order valence-corrected chi connectivity index (χ2v) is 8.22. The third-order valence-electron chi connectivity index (χ3n) is 5.88. The Labute approximate surface area is 174 Å². The number of rotatable bonds is 5. The van der Waals surface area contributed by atoms with E-state index in [-0.39, 0.29) is 22.6 Å². The van der Waals surface area contributed by atoms with E-state index in [1.807, 2.05) is 0 Å². The molecule has 2 aliphatic heterocycles. The van der Waals surface area contributed by atoms with Gasteiger partial charge in [0.25, 0.3) is 0 Å². The van der Waals surface area contributed by atoms with E-state index in [1.54, 1.807) is 0 Å². The number of likely N-dealkylation sites (N-methyl/N-ethyl adjacent to an activating group) is 1. The van der Waals surface area contributed by atoms with E-state index < -0.39 is 5.82 Å². The number of ether oxygens (including phenoxy) is 1. The largest absolute Gasteiger partial charge is 0.462 e. The third kappa shape index (κ3) is 4.21. The van der Waals surface area contributed by atoms with Crippen LogP contribution in [0.15, 0.2) is 6.20 Å². The minimum absolute atomic E-state index is 0.118. The lowest BCUT2D eigenvalue weighted by molar-refractivity contribution is 0.188. The zero-order valence-corrected chi connectivity index (χ0v) is 17.2. The van der Waals surface area contributed by atoms with Gasteiger partial charge in [-0.1, -0.05) is 11.6 Å². The molecule has 4 heterocycles. The molecule has 2 saturated heterocycles. The van der Waals surface area contributed by atoms with Crippen molar-refractivity contribution in [3.8, 4) is 12.1 Å². The Morgan fingerprint density at radius 3 is 2.90 bits per heavy atom. The highest BCUT2D eigenvalue weighted by atomic mass is 35.5. The van der Waals surface area contributed by atoms with Gasteiger partial charge < -0.3 is 14.5 Å². The van der Waals surface area contributed by atoms with E-state index in [4.69, 9.17) is 21.6 Å². The van der Waals surface area contributed by atoms with Crippen LogP contribution in [0.2, 0.25) is 5.15 Å². The number of hydrogen-bond donors (Lipinski definition) is 0. The molecule has 2 aromatic heterocycles. The summed E-state index contributed by atoms with van der Waals surface area (Å²) in [5.74, 6) is 0.192. The van der Waals surface area contributed by atoms with Crippen LogP contribution in [0.3, 0.4) is 0 Å². The Bertz CT molecular complexity index is 935. The second kappa shape index (κ2) is 8.64. The van der Waals surface area contributed by atoms with Crippen LogP contribution in [0.25, 0.3) is 10.9 Å². The summed E-state index contributed by atoms with van der Waals surface area (Å²) < 4.78 is 20.6. The molecule has 0 amide bonds. The first kappa shape index (κ1) is 20.0. The minimum atomic E-state index is -0.666. The second-order valence-electron chi connectivity index (χ2n) is 7.86. The average molecular weight is 419 g/mol. The molecule has 2 atom stereocenters. The van der Waals surface area contributed by atoms with Crippen molar-refractivity contribution in [2.45, 2.75) is 38.1 Å². The first-order valence-corrected chi connectivity index (χ1v) is 10.4. The monoisotopic (exact) mass is 418 g/mol. The number of piperidine rings is 1. The molecule has 0 N–H and O–H groups in total. The molecule has 0 aliphatic carbocycles. The normalized spacial score (nSPS) is 22.8. The molecule has 29 heavy (non-hydrogen) atoms. The molecular weight excluding hydrogens is 395 g/mol. The zero-order valence-electron chi connectivity index (χ0n) is 16.4. The number of nitrogens with zero attached hydrogens (tertiary/aromatic N) is 6. The van der Waals surface area contributed by atoms with Gasteiger partial charge in [-0.3, -0.25) is 0 Å². The first-order valence-electron chi connectivity index (χ1n) is 10.0. The van der Waals surface area contributed by atoms with E-state index in [0.29, 0.717) is 36.8 Å². The van der Waals surface area contributed by atoms with Gasteiger partial charge in [-0.2, -0.15) is 15.2 Å². The van der Waals surface area contributed by atoms with Crippen molar-refractivity contribution in [2.24, 2.45) is 5.92 Å². The standard InChI is InChI=1S/C20H24ClFN6O/c1-27-8-3-5-14(27)12-29-20-25-17-15(10-24-18(21)16(17)22)19(26-20)28-9-2-4-13(11-28)6-7-23/h10,13-14H,2-6,8-9,11-12H2,1H3/t13-,14-/m0/s1. The lowest BCUT2D eigenvalue weighted by Gasteiger charge is -2.33. The van der Waals surface area contributed by atoms with Crippen LogP contribution >= 0.6 is 11.6 Å². The van der Waals surface area contributed by atoms with Crippen molar-refractivity contribution in [1.82, 2.24) is 19.9 Å². The van der Waals surface area contributed by atoms with Gasteiger partial charge in [0.2, 0.25) is 0 Å². The topological polar surface area (TPSA) is 78.2 Å². The number of anilines is 1. The summed E-state index contributed by atoms with van der Waals surface area (Å²) in [6, 6.07) is 2.71. The van der Waals surface area contributed by atoms with Crippen LogP contribution in [0.4, 0.5) is 10.2 Å². The average Bonchev–Trinajstić information content (AvgIpc) is 3.14. The Kier molecular flexibility index (Phi) is 5.97. The fraction of sp³-hybridized carbons (Fsp3) is 0.600. The molecule has 154 valence electrons. The molecule has 0 bridgehead atoms. The van der Waals surface area contributed by atoms with Gasteiger partial charge in [0.1, 0.15) is 17.9 Å². The number of hydrogen-bond acceptors (Lipinski definition) is 7. The molecule has 0 aromatic carbocycles. The summed E-state index contributed by atoms with van der Waals surface area (Å²) >= 11 is 5.90. The quantitative estimate of drug-likeness (QED) is 0.688. The van der Waals surface area contributed by atoms with Gasteiger partial charge in [0, 0.05) is 31.7 Å². The Hall–Kier alpha value is -2.24. The van der Waals surface area contributed by atoms with Crippen molar-refractivity contribution in [1.29, 1.82) is 5.26 Å². The molecule has 0 spiro atoms. The predicted molar refractivity (Wildman–Crippen MR) is 109 cm³/mol. The van der Waals surface area contributed by atoms with Gasteiger partial charge in [-0.15, -0.1) is 0 Å². The maximum Gasteiger partial charge on any atom is 0.319 e. The van der Waals surface area contributed by atoms with Crippen molar-refractivity contribution >= 4 is 28.3 Å². The molecule has 2 fully saturated rings. The highest BCUT2D eigenvalue weighted by molar-refractivity contribution is 6.30. The first-order chi connectivity index (χ1) is 14.1. The lowest BCUT2D eigenvalue weighted by atomic mass is 9.95. The van der Waals surface area contributed by atoms with E-state index >= 15 is 0 Å². The predicted octanol–water partition coefficient (Wildman–Crippen LogP) is 3.42. The number of halogens is 2. The van der Waals surface area contributed by atoms with E-state index in [0.717, 1.165) is 38.8 Å². The molecule has 4 rings (SSSR count). The molecule has 7 nitrogen and oxygen atoms in total. The summed E-state index contributed by atoms with van der Waals surface area (Å²) in [6.07, 6.45) is 6.16. The molecule has 0 saturated carbocycles. The van der Waals surface area contributed by atoms with Crippen LogP contribution in [0.1, 0.15) is 32.1 Å². The van der Waals surface area contributed by atoms with Crippen LogP contribution in [0.5, 0.6) is 6.01 Å². The number of aromatic nitrogens is 3. The minimum Gasteiger partial charge on any atom is -0.462 e. The fourth-order valence-corrected chi connectivity index (χ4v) is 4.36. The van der Waals surface area contributed by atoms with E-state index in [2.05, 4.69) is 37.9 Å². The highest BCUT2D eigenvalue weighted by Gasteiger charge is 2.26. The maximum absolute atomic E-state index is 14.7. The summed E-state index contributed by atoms with van der Waals surface area (Å²) in [5.41, 5.74) is 0.118. The zero-order chi connectivity index (χ0) is 20.4. The summed E-state index contributed by atoms with van der Waals surface area (Å²) in [5, 5.41) is 9.35. The molecule has 0 unspecified atom stereocenters. The third-order valence-corrected chi connectivity index (χ3v) is 6.14. The molecular formula is C20H24ClFN6O. The molecule has 0 radical (unpaired) electrons. The lowest BCUT2D eigenvalue weighted by Crippen LogP contribution is -2.36. The number of nitriles is 1. The number of pyridine rings is 1. The Morgan fingerprint density at radius 1 is 1.31 bits per heavy atom. The van der Waals surface area contributed by atoms with Crippen LogP contribution in [-0.2, 0) is 0 Å². The highest BCUT2D eigenvalue weighted by Crippen LogP contribution is 2.32. The van der Waals surface area contributed by atoms with E-state index in [9.17, 15) is 4.39 Å². The van der Waals surface area contributed by atoms with E-state index in [1.165, 1.54) is 6.20 Å². The van der Waals surface area contributed by atoms with Crippen molar-refractivity contribution < 1.29 is 9.13 Å². The smallest absolute Gasteiger partial charge is 0.319 e. The molecule has 9 heteroatoms. The summed E-state index contributed by atoms with van der Waals surface area (Å²) in [4.78, 5) is 17.2. The maximum atomic E-state index is 14.7. The van der Waals surface area contributed by atoms with Gasteiger partial charge in [0.05, 0.1) is 11.5 Å². The SMILES string of the molecule is CN1CCC[C@H]1COc1nc(N2CCC[C@@H](CC#N)C2)c2cnc(Cl)c(F)c2n1. The van der Waals surface area contributed by atoms with Gasteiger partial charge >= 0.3 is 6.01 Å². The van der Waals surface area contributed by atoms with Crippen molar-refractivity contribution in [3.63, 3.8) is 0 Å². The summed E-state index contributed by atoms with van der Waals surface area (Å²) in [6.45, 7) is 2.97. The van der Waals surface area contributed by atoms with Crippen LogP contribution < -0.4 is 9.64 Å². The summed E-state index contributed by atoms with van der Waals surface area (Å²) in [7, 11) is 2.07.